The molecular formula is C5HF9. The quantitative estimate of drug-likeness (QED) is 0.563. The normalized spacial score (nSPS) is 40.5. The lowest BCUT2D eigenvalue weighted by Gasteiger charge is -2.50. The van der Waals surface area contributed by atoms with Crippen LogP contribution in [0.3, 0.4) is 0 Å². The Balaban J connectivity index is 3.18. The minimum absolute atomic E-state index is 4.58. The van der Waals surface area contributed by atoms with Gasteiger partial charge in [-0.2, -0.15) is 30.7 Å². The molecule has 1 aliphatic rings. The summed E-state index contributed by atoms with van der Waals surface area (Å²) in [4.78, 5) is 0. The molecule has 0 N–H and O–H groups in total. The third-order valence-electron chi connectivity index (χ3n) is 1.96. The van der Waals surface area contributed by atoms with Crippen LogP contribution in [0, 0.1) is 0 Å². The average molecular weight is 232 g/mol. The van der Waals surface area contributed by atoms with Gasteiger partial charge in [0.15, 0.2) is 0 Å². The molecule has 0 aromatic carbocycles. The lowest BCUT2D eigenvalue weighted by atomic mass is 9.71. The maximum absolute atomic E-state index is 12.4. The SMILES string of the molecule is FC1C(F)(F)C(F)(F)C1(F)C(F)(F)F. The summed E-state index contributed by atoms with van der Waals surface area (Å²) in [7, 11) is 0. The lowest BCUT2D eigenvalue weighted by Crippen LogP contribution is -2.83. The van der Waals surface area contributed by atoms with Crippen LogP contribution in [0.15, 0.2) is 0 Å². The zero-order valence-corrected chi connectivity index (χ0v) is 5.98. The van der Waals surface area contributed by atoms with E-state index in [4.69, 9.17) is 0 Å². The first-order chi connectivity index (χ1) is 5.90. The van der Waals surface area contributed by atoms with Gasteiger partial charge in [0.2, 0.25) is 6.17 Å². The van der Waals surface area contributed by atoms with E-state index in [1.54, 1.807) is 0 Å². The summed E-state index contributed by atoms with van der Waals surface area (Å²) >= 11 is 0. The molecule has 0 radical (unpaired) electrons. The minimum Gasteiger partial charge on any atom is -0.236 e. The molecule has 0 bridgehead atoms. The molecule has 1 aliphatic carbocycles. The van der Waals surface area contributed by atoms with Crippen LogP contribution in [0.5, 0.6) is 0 Å². The Labute approximate surface area is 70.7 Å². The molecule has 0 amide bonds. The molecule has 2 atom stereocenters. The monoisotopic (exact) mass is 232 g/mol. The van der Waals surface area contributed by atoms with Crippen molar-refractivity contribution in [3.63, 3.8) is 0 Å². The summed E-state index contributed by atoms with van der Waals surface area (Å²) in [6.45, 7) is 0. The van der Waals surface area contributed by atoms with Gasteiger partial charge in [-0.15, -0.1) is 0 Å². The summed E-state index contributed by atoms with van der Waals surface area (Å²) < 4.78 is 107. The first-order valence-corrected chi connectivity index (χ1v) is 3.06. The molecule has 0 saturated heterocycles. The molecule has 84 valence electrons. The fourth-order valence-electron chi connectivity index (χ4n) is 1.05. The first-order valence-electron chi connectivity index (χ1n) is 3.06. The molecule has 0 nitrogen and oxygen atoms in total. The van der Waals surface area contributed by atoms with Crippen LogP contribution < -0.4 is 0 Å². The Morgan fingerprint density at radius 2 is 1.21 bits per heavy atom. The molecule has 14 heavy (non-hydrogen) atoms. The Morgan fingerprint density at radius 1 is 0.857 bits per heavy atom. The predicted molar refractivity (Wildman–Crippen MR) is 24.7 cm³/mol. The van der Waals surface area contributed by atoms with Crippen LogP contribution in [-0.4, -0.2) is 29.9 Å². The van der Waals surface area contributed by atoms with Crippen molar-refractivity contribution in [3.05, 3.63) is 0 Å². The van der Waals surface area contributed by atoms with E-state index < -0.39 is 29.9 Å². The minimum atomic E-state index is -6.38. The summed E-state index contributed by atoms with van der Waals surface area (Å²) in [6, 6.07) is 0. The first kappa shape index (κ1) is 11.4. The van der Waals surface area contributed by atoms with Crippen LogP contribution in [0.25, 0.3) is 0 Å². The topological polar surface area (TPSA) is 0 Å². The summed E-state index contributed by atoms with van der Waals surface area (Å²) in [5.41, 5.74) is -5.80. The van der Waals surface area contributed by atoms with Gasteiger partial charge in [-0.05, 0) is 0 Å². The van der Waals surface area contributed by atoms with Gasteiger partial charge in [-0.1, -0.05) is 0 Å². The van der Waals surface area contributed by atoms with Crippen molar-refractivity contribution in [2.45, 2.75) is 29.9 Å². The fourth-order valence-corrected chi connectivity index (χ4v) is 1.05. The second-order valence-electron chi connectivity index (χ2n) is 2.77. The van der Waals surface area contributed by atoms with E-state index in [2.05, 4.69) is 0 Å². The highest BCUT2D eigenvalue weighted by molar-refractivity contribution is 5.25. The van der Waals surface area contributed by atoms with E-state index >= 15 is 0 Å². The van der Waals surface area contributed by atoms with E-state index in [0.29, 0.717) is 0 Å². The van der Waals surface area contributed by atoms with Gasteiger partial charge in [-0.3, -0.25) is 0 Å². The van der Waals surface area contributed by atoms with Gasteiger partial charge < -0.3 is 0 Å². The smallest absolute Gasteiger partial charge is 0.236 e. The number of hydrogen-bond donors (Lipinski definition) is 0. The highest BCUT2D eigenvalue weighted by Crippen LogP contribution is 2.66. The van der Waals surface area contributed by atoms with Crippen molar-refractivity contribution in [3.8, 4) is 0 Å². The zero-order valence-electron chi connectivity index (χ0n) is 5.98. The molecule has 2 unspecified atom stereocenters. The largest absolute Gasteiger partial charge is 0.432 e. The molecular weight excluding hydrogens is 231 g/mol. The average Bonchev–Trinajstić information content (AvgIpc) is 1.98. The molecule has 1 saturated carbocycles. The van der Waals surface area contributed by atoms with E-state index in [1.165, 1.54) is 0 Å². The van der Waals surface area contributed by atoms with Crippen LogP contribution in [0.4, 0.5) is 39.5 Å². The summed E-state index contributed by atoms with van der Waals surface area (Å²) in [5.74, 6) is -11.7. The third kappa shape index (κ3) is 0.830. The molecule has 1 fully saturated rings. The number of rotatable bonds is 0. The van der Waals surface area contributed by atoms with Crippen molar-refractivity contribution in [1.82, 2.24) is 0 Å². The van der Waals surface area contributed by atoms with Crippen LogP contribution in [-0.2, 0) is 0 Å². The van der Waals surface area contributed by atoms with Gasteiger partial charge in [0, 0.05) is 0 Å². The predicted octanol–water partition coefficient (Wildman–Crippen LogP) is 2.88. The highest BCUT2D eigenvalue weighted by Gasteiger charge is 2.97. The van der Waals surface area contributed by atoms with Gasteiger partial charge in [0.1, 0.15) is 0 Å². The van der Waals surface area contributed by atoms with Gasteiger partial charge in [0.05, 0.1) is 0 Å². The molecule has 0 aliphatic heterocycles. The maximum Gasteiger partial charge on any atom is 0.432 e. The molecule has 1 rings (SSSR count). The Bertz CT molecular complexity index is 252. The second-order valence-corrected chi connectivity index (χ2v) is 2.77. The van der Waals surface area contributed by atoms with E-state index in [1.807, 2.05) is 0 Å². The fraction of sp³-hybridized carbons (Fsp3) is 1.00. The van der Waals surface area contributed by atoms with Gasteiger partial charge in [-0.25, -0.2) is 8.78 Å². The number of hydrogen-bond acceptors (Lipinski definition) is 0. The highest BCUT2D eigenvalue weighted by atomic mass is 19.4. The number of halogens is 9. The number of alkyl halides is 9. The van der Waals surface area contributed by atoms with Gasteiger partial charge >= 0.3 is 23.7 Å². The summed E-state index contributed by atoms with van der Waals surface area (Å²) in [5, 5.41) is 0. The van der Waals surface area contributed by atoms with Crippen LogP contribution >= 0.6 is 0 Å². The third-order valence-corrected chi connectivity index (χ3v) is 1.96. The van der Waals surface area contributed by atoms with Crippen molar-refractivity contribution in [2.24, 2.45) is 0 Å². The molecule has 9 heteroatoms. The van der Waals surface area contributed by atoms with E-state index in [9.17, 15) is 39.5 Å². The van der Waals surface area contributed by atoms with Crippen molar-refractivity contribution >= 4 is 0 Å². The van der Waals surface area contributed by atoms with E-state index in [-0.39, 0.29) is 0 Å². The molecule has 0 heterocycles. The van der Waals surface area contributed by atoms with Crippen LogP contribution in [0.2, 0.25) is 0 Å². The molecule has 0 spiro atoms. The Hall–Kier alpha value is -0.630. The van der Waals surface area contributed by atoms with E-state index in [0.717, 1.165) is 0 Å². The van der Waals surface area contributed by atoms with Gasteiger partial charge in [0.25, 0.3) is 0 Å². The standard InChI is InChI=1S/C5HF9/c6-1-2(7,5(12,13)14)4(10,11)3(1,8)9/h1H. The Morgan fingerprint density at radius 3 is 1.36 bits per heavy atom. The van der Waals surface area contributed by atoms with Crippen molar-refractivity contribution in [1.29, 1.82) is 0 Å². The zero-order chi connectivity index (χ0) is 11.6. The lowest BCUT2D eigenvalue weighted by molar-refractivity contribution is -0.455. The maximum atomic E-state index is 12.4. The van der Waals surface area contributed by atoms with Crippen molar-refractivity contribution in [2.75, 3.05) is 0 Å². The molecule has 0 aromatic heterocycles. The van der Waals surface area contributed by atoms with Crippen molar-refractivity contribution < 1.29 is 39.5 Å². The summed E-state index contributed by atoms with van der Waals surface area (Å²) in [6.07, 6.45) is -11.0. The van der Waals surface area contributed by atoms with Crippen LogP contribution in [0.1, 0.15) is 0 Å². The second kappa shape index (κ2) is 2.30. The Kier molecular flexibility index (Phi) is 1.88. The molecule has 0 aromatic rings.